The zero-order chi connectivity index (χ0) is 13.3. The Morgan fingerprint density at radius 3 is 2.00 bits per heavy atom. The first kappa shape index (κ1) is 14.2. The molecule has 0 amide bonds. The maximum absolute atomic E-state index is 6.41. The lowest BCUT2D eigenvalue weighted by atomic mass is 9.73. The second-order valence-electron chi connectivity index (χ2n) is 5.91. The van der Waals surface area contributed by atoms with Crippen LogP contribution in [-0.4, -0.2) is 0 Å². The number of hydrogen-bond acceptors (Lipinski definition) is 1. The second-order valence-corrected chi connectivity index (χ2v) is 6.78. The number of rotatable bonds is 2. The summed E-state index contributed by atoms with van der Waals surface area (Å²) < 4.78 is 0. The van der Waals surface area contributed by atoms with E-state index < -0.39 is 0 Å². The monoisotopic (exact) mass is 285 g/mol. The molecule has 0 spiro atoms. The minimum atomic E-state index is 0.0476. The SMILES string of the molecule is CC1CC(C)CC(C(N)c2cc(Cl)cc(Cl)c2)C1. The molecule has 0 saturated heterocycles. The van der Waals surface area contributed by atoms with Gasteiger partial charge in [0.15, 0.2) is 0 Å². The summed E-state index contributed by atoms with van der Waals surface area (Å²) in [4.78, 5) is 0. The van der Waals surface area contributed by atoms with E-state index in [0.29, 0.717) is 16.0 Å². The van der Waals surface area contributed by atoms with E-state index in [1.165, 1.54) is 19.3 Å². The fourth-order valence-corrected chi connectivity index (χ4v) is 3.89. The number of nitrogens with two attached hydrogens (primary N) is 1. The third kappa shape index (κ3) is 3.40. The summed E-state index contributed by atoms with van der Waals surface area (Å²) in [5.74, 6) is 2.07. The highest BCUT2D eigenvalue weighted by Crippen LogP contribution is 2.39. The van der Waals surface area contributed by atoms with E-state index in [1.54, 1.807) is 6.07 Å². The second kappa shape index (κ2) is 5.81. The van der Waals surface area contributed by atoms with Crippen molar-refractivity contribution in [1.29, 1.82) is 0 Å². The molecule has 1 aromatic rings. The van der Waals surface area contributed by atoms with Crippen LogP contribution in [0, 0.1) is 17.8 Å². The molecule has 3 heteroatoms. The summed E-state index contributed by atoms with van der Waals surface area (Å²) in [6.07, 6.45) is 3.73. The van der Waals surface area contributed by atoms with Crippen LogP contribution < -0.4 is 5.73 Å². The average Bonchev–Trinajstić information content (AvgIpc) is 2.25. The Morgan fingerprint density at radius 2 is 1.50 bits per heavy atom. The zero-order valence-electron chi connectivity index (χ0n) is 11.0. The van der Waals surface area contributed by atoms with Crippen LogP contribution in [0.2, 0.25) is 10.0 Å². The Hall–Kier alpha value is -0.240. The molecule has 0 heterocycles. The number of halogens is 2. The van der Waals surface area contributed by atoms with E-state index in [9.17, 15) is 0 Å². The molecule has 1 aliphatic rings. The van der Waals surface area contributed by atoms with E-state index in [1.807, 2.05) is 12.1 Å². The number of hydrogen-bond donors (Lipinski definition) is 1. The Bertz CT molecular complexity index is 389. The molecule has 1 saturated carbocycles. The highest BCUT2D eigenvalue weighted by atomic mass is 35.5. The molecule has 1 fully saturated rings. The van der Waals surface area contributed by atoms with E-state index in [2.05, 4.69) is 13.8 Å². The fourth-order valence-electron chi connectivity index (χ4n) is 3.34. The van der Waals surface area contributed by atoms with Gasteiger partial charge in [0.05, 0.1) is 0 Å². The van der Waals surface area contributed by atoms with Crippen LogP contribution >= 0.6 is 23.2 Å². The summed E-state index contributed by atoms with van der Waals surface area (Å²) in [6.45, 7) is 4.64. The van der Waals surface area contributed by atoms with Gasteiger partial charge in [-0.1, -0.05) is 37.0 Å². The lowest BCUT2D eigenvalue weighted by Crippen LogP contribution is -2.29. The van der Waals surface area contributed by atoms with E-state index >= 15 is 0 Å². The van der Waals surface area contributed by atoms with Gasteiger partial charge in [-0.3, -0.25) is 0 Å². The Kier molecular flexibility index (Phi) is 4.58. The largest absolute Gasteiger partial charge is 0.324 e. The topological polar surface area (TPSA) is 26.0 Å². The fraction of sp³-hybridized carbons (Fsp3) is 0.600. The van der Waals surface area contributed by atoms with Gasteiger partial charge in [0, 0.05) is 16.1 Å². The van der Waals surface area contributed by atoms with E-state index in [-0.39, 0.29) is 6.04 Å². The van der Waals surface area contributed by atoms with Crippen LogP contribution in [0.5, 0.6) is 0 Å². The van der Waals surface area contributed by atoms with Crippen molar-refractivity contribution in [2.45, 2.75) is 39.2 Å². The van der Waals surface area contributed by atoms with Crippen molar-refractivity contribution in [3.8, 4) is 0 Å². The smallest absolute Gasteiger partial charge is 0.0424 e. The molecule has 0 aliphatic heterocycles. The molecule has 1 nitrogen and oxygen atoms in total. The first-order valence-electron chi connectivity index (χ1n) is 6.67. The van der Waals surface area contributed by atoms with Gasteiger partial charge in [-0.2, -0.15) is 0 Å². The quantitative estimate of drug-likeness (QED) is 0.807. The van der Waals surface area contributed by atoms with Gasteiger partial charge >= 0.3 is 0 Å². The van der Waals surface area contributed by atoms with Crippen molar-refractivity contribution < 1.29 is 0 Å². The molecule has 2 N–H and O–H groups in total. The molecule has 2 rings (SSSR count). The van der Waals surface area contributed by atoms with Crippen molar-refractivity contribution in [3.63, 3.8) is 0 Å². The van der Waals surface area contributed by atoms with E-state index in [0.717, 1.165) is 17.4 Å². The standard InChI is InChI=1S/C15H21Cl2N/c1-9-3-10(2)5-11(4-9)15(18)12-6-13(16)8-14(17)7-12/h6-11,15H,3-5,18H2,1-2H3. The Morgan fingerprint density at radius 1 is 1.00 bits per heavy atom. The van der Waals surface area contributed by atoms with Crippen LogP contribution in [-0.2, 0) is 0 Å². The van der Waals surface area contributed by atoms with Gasteiger partial charge in [-0.25, -0.2) is 0 Å². The van der Waals surface area contributed by atoms with Gasteiger partial charge in [0.25, 0.3) is 0 Å². The van der Waals surface area contributed by atoms with Gasteiger partial charge in [-0.05, 0) is 60.8 Å². The van der Waals surface area contributed by atoms with Gasteiger partial charge < -0.3 is 5.73 Å². The van der Waals surface area contributed by atoms with Crippen LogP contribution in [0.3, 0.4) is 0 Å². The lowest BCUT2D eigenvalue weighted by Gasteiger charge is -2.35. The van der Waals surface area contributed by atoms with Crippen molar-refractivity contribution in [1.82, 2.24) is 0 Å². The molecule has 100 valence electrons. The van der Waals surface area contributed by atoms with E-state index in [4.69, 9.17) is 28.9 Å². The van der Waals surface area contributed by atoms with Crippen molar-refractivity contribution >= 4 is 23.2 Å². The Labute approximate surface area is 120 Å². The molecule has 1 aliphatic carbocycles. The predicted molar refractivity (Wildman–Crippen MR) is 79.1 cm³/mol. The number of benzene rings is 1. The molecule has 0 radical (unpaired) electrons. The molecule has 18 heavy (non-hydrogen) atoms. The summed E-state index contributed by atoms with van der Waals surface area (Å²) in [6, 6.07) is 5.70. The molecule has 0 bridgehead atoms. The molecule has 3 unspecified atom stereocenters. The minimum Gasteiger partial charge on any atom is -0.324 e. The highest BCUT2D eigenvalue weighted by molar-refractivity contribution is 6.34. The van der Waals surface area contributed by atoms with Crippen LogP contribution in [0.1, 0.15) is 44.7 Å². The van der Waals surface area contributed by atoms with Gasteiger partial charge in [0.2, 0.25) is 0 Å². The predicted octanol–water partition coefficient (Wildman–Crippen LogP) is 5.07. The van der Waals surface area contributed by atoms with Crippen LogP contribution in [0.4, 0.5) is 0 Å². The summed E-state index contributed by atoms with van der Waals surface area (Å²) >= 11 is 12.1. The van der Waals surface area contributed by atoms with Crippen molar-refractivity contribution in [2.75, 3.05) is 0 Å². The van der Waals surface area contributed by atoms with Crippen molar-refractivity contribution in [3.05, 3.63) is 33.8 Å². The summed E-state index contributed by atoms with van der Waals surface area (Å²) in [7, 11) is 0. The maximum Gasteiger partial charge on any atom is 0.0424 e. The third-order valence-electron chi connectivity index (χ3n) is 3.99. The molecular weight excluding hydrogens is 265 g/mol. The van der Waals surface area contributed by atoms with Gasteiger partial charge in [0.1, 0.15) is 0 Å². The third-order valence-corrected chi connectivity index (χ3v) is 4.43. The summed E-state index contributed by atoms with van der Waals surface area (Å²) in [5.41, 5.74) is 7.48. The first-order chi connectivity index (χ1) is 8.45. The zero-order valence-corrected chi connectivity index (χ0v) is 12.5. The highest BCUT2D eigenvalue weighted by Gasteiger charge is 2.29. The average molecular weight is 286 g/mol. The molecule has 0 aromatic heterocycles. The first-order valence-corrected chi connectivity index (χ1v) is 7.43. The lowest BCUT2D eigenvalue weighted by molar-refractivity contribution is 0.193. The molecule has 3 atom stereocenters. The molecule has 1 aromatic carbocycles. The summed E-state index contributed by atoms with van der Waals surface area (Å²) in [5, 5.41) is 1.34. The van der Waals surface area contributed by atoms with Gasteiger partial charge in [-0.15, -0.1) is 0 Å². The van der Waals surface area contributed by atoms with Crippen molar-refractivity contribution in [2.24, 2.45) is 23.5 Å². The maximum atomic E-state index is 6.41. The normalized spacial score (nSPS) is 30.2. The minimum absolute atomic E-state index is 0.0476. The van der Waals surface area contributed by atoms with Crippen LogP contribution in [0.15, 0.2) is 18.2 Å². The Balaban J connectivity index is 2.17. The van der Waals surface area contributed by atoms with Crippen LogP contribution in [0.25, 0.3) is 0 Å². The molecular formula is C15H21Cl2N.